The third-order valence-corrected chi connectivity index (χ3v) is 2.33. The molecule has 1 aromatic rings. The van der Waals surface area contributed by atoms with E-state index in [1.165, 1.54) is 31.1 Å². The Balaban J connectivity index is 2.75. The molecule has 1 aromatic carbocycles. The Morgan fingerprint density at radius 2 is 2.06 bits per heavy atom. The molecule has 1 rings (SSSR count). The topological polar surface area (TPSA) is 113 Å². The van der Waals surface area contributed by atoms with Gasteiger partial charge in [-0.1, -0.05) is 12.1 Å². The molecule has 0 bridgehead atoms. The number of nitro benzene ring substituents is 1. The zero-order valence-electron chi connectivity index (χ0n) is 9.74. The second-order valence-corrected chi connectivity index (χ2v) is 3.86. The molecule has 8 heteroatoms. The summed E-state index contributed by atoms with van der Waals surface area (Å²) in [6.45, 7) is 1.42. The van der Waals surface area contributed by atoms with Crippen LogP contribution in [-0.4, -0.2) is 34.1 Å². The summed E-state index contributed by atoms with van der Waals surface area (Å²) < 4.78 is 0. The smallest absolute Gasteiger partial charge is 0.374 e. The molecule has 0 fully saturated rings. The number of nitrogens with one attached hydrogen (secondary N) is 1. The Morgan fingerprint density at radius 3 is 2.44 bits per heavy atom. The number of carbonyl (C=O) groups is 1. The van der Waals surface area contributed by atoms with Gasteiger partial charge in [-0.3, -0.25) is 14.9 Å². The van der Waals surface area contributed by atoms with E-state index in [4.69, 9.17) is 10.1 Å². The van der Waals surface area contributed by atoms with Crippen LogP contribution in [0.15, 0.2) is 24.3 Å². The average Bonchev–Trinajstić information content (AvgIpc) is 2.28. The molecule has 1 atom stereocenters. The van der Waals surface area contributed by atoms with Crippen LogP contribution < -0.4 is 5.23 Å². The molecule has 0 aliphatic carbocycles. The van der Waals surface area contributed by atoms with E-state index in [-0.39, 0.29) is 12.1 Å². The van der Waals surface area contributed by atoms with E-state index >= 15 is 0 Å². The molecule has 0 saturated carbocycles. The first-order chi connectivity index (χ1) is 8.40. The molecule has 0 unspecified atom stereocenters. The fraction of sp³-hybridized carbons (Fsp3) is 0.300. The van der Waals surface area contributed by atoms with Crippen molar-refractivity contribution in [3.63, 3.8) is 0 Å². The largest absolute Gasteiger partial charge is 0.480 e. The summed E-state index contributed by atoms with van der Waals surface area (Å²) >= 11 is 0. The third kappa shape index (κ3) is 4.15. The summed E-state index contributed by atoms with van der Waals surface area (Å²) in [7, 11) is -0.941. The van der Waals surface area contributed by atoms with E-state index < -0.39 is 24.0 Å². The normalized spacial score (nSPS) is 11.9. The first-order valence-corrected chi connectivity index (χ1v) is 5.30. The quantitative estimate of drug-likeness (QED) is 0.381. The molecule has 0 amide bonds. The molecular formula is C10H13BN2O5. The number of nitrogens with zero attached hydrogens (tertiary/aromatic N) is 1. The second-order valence-electron chi connectivity index (χ2n) is 3.86. The number of carboxylic acids is 1. The number of nitro groups is 1. The van der Waals surface area contributed by atoms with Gasteiger partial charge in [0.1, 0.15) is 6.04 Å². The molecule has 96 valence electrons. The van der Waals surface area contributed by atoms with E-state index in [9.17, 15) is 14.9 Å². The van der Waals surface area contributed by atoms with Gasteiger partial charge < -0.3 is 15.4 Å². The Kier molecular flexibility index (Phi) is 4.81. The summed E-state index contributed by atoms with van der Waals surface area (Å²) in [5.74, 6) is -1.09. The van der Waals surface area contributed by atoms with E-state index in [1.54, 1.807) is 0 Å². The fourth-order valence-electron chi connectivity index (χ4n) is 1.50. The van der Waals surface area contributed by atoms with Crippen LogP contribution in [-0.2, 0) is 11.2 Å². The number of hydrogen-bond acceptors (Lipinski definition) is 5. The van der Waals surface area contributed by atoms with Crippen LogP contribution >= 0.6 is 0 Å². The lowest BCUT2D eigenvalue weighted by molar-refractivity contribution is -0.384. The first kappa shape index (κ1) is 14.1. The Morgan fingerprint density at radius 1 is 1.50 bits per heavy atom. The SMILES string of the molecule is CB(O)N[C@@H](Cc1ccc([N+](=O)[O-])cc1)C(=O)O. The van der Waals surface area contributed by atoms with Crippen LogP contribution in [0.5, 0.6) is 0 Å². The highest BCUT2D eigenvalue weighted by Gasteiger charge is 2.21. The molecule has 3 N–H and O–H groups in total. The molecule has 0 aliphatic rings. The van der Waals surface area contributed by atoms with Crippen molar-refractivity contribution in [3.8, 4) is 0 Å². The van der Waals surface area contributed by atoms with Crippen molar-refractivity contribution < 1.29 is 19.8 Å². The average molecular weight is 252 g/mol. The molecule has 0 heterocycles. The van der Waals surface area contributed by atoms with Crippen molar-refractivity contribution >= 4 is 18.7 Å². The number of rotatable bonds is 6. The summed E-state index contributed by atoms with van der Waals surface area (Å²) in [4.78, 5) is 20.9. The van der Waals surface area contributed by atoms with Gasteiger partial charge in [0.15, 0.2) is 0 Å². The maximum absolute atomic E-state index is 10.9. The van der Waals surface area contributed by atoms with Gasteiger partial charge in [-0.05, 0) is 18.8 Å². The van der Waals surface area contributed by atoms with E-state index in [2.05, 4.69) is 5.23 Å². The van der Waals surface area contributed by atoms with Crippen LogP contribution in [0.4, 0.5) is 5.69 Å². The van der Waals surface area contributed by atoms with Crippen LogP contribution in [0.25, 0.3) is 0 Å². The van der Waals surface area contributed by atoms with Crippen molar-refractivity contribution in [2.75, 3.05) is 0 Å². The van der Waals surface area contributed by atoms with E-state index in [0.29, 0.717) is 5.56 Å². The molecule has 0 saturated heterocycles. The monoisotopic (exact) mass is 252 g/mol. The molecule has 7 nitrogen and oxygen atoms in total. The van der Waals surface area contributed by atoms with Gasteiger partial charge in [-0.2, -0.15) is 0 Å². The van der Waals surface area contributed by atoms with Crippen molar-refractivity contribution in [1.82, 2.24) is 5.23 Å². The fourth-order valence-corrected chi connectivity index (χ4v) is 1.50. The number of carboxylic acid groups (broad SMARTS) is 1. The Labute approximate surface area is 104 Å². The van der Waals surface area contributed by atoms with Crippen molar-refractivity contribution in [3.05, 3.63) is 39.9 Å². The van der Waals surface area contributed by atoms with Gasteiger partial charge in [0, 0.05) is 12.1 Å². The minimum absolute atomic E-state index is 0.0471. The maximum atomic E-state index is 10.9. The molecular weight excluding hydrogens is 239 g/mol. The standard InChI is InChI=1S/C10H13BN2O5/c1-11(16)12-9(10(14)15)6-7-2-4-8(5-3-7)13(17)18/h2-5,9,12,16H,6H2,1H3,(H,14,15)/t9-/m0/s1. The Hall–Kier alpha value is -1.93. The summed E-state index contributed by atoms with van der Waals surface area (Å²) in [5, 5.41) is 31.0. The van der Waals surface area contributed by atoms with Crippen molar-refractivity contribution in [2.24, 2.45) is 0 Å². The van der Waals surface area contributed by atoms with Crippen LogP contribution in [0.3, 0.4) is 0 Å². The molecule has 0 aliphatic heterocycles. The van der Waals surface area contributed by atoms with Crippen molar-refractivity contribution in [1.29, 1.82) is 0 Å². The Bertz CT molecular complexity index is 434. The van der Waals surface area contributed by atoms with Gasteiger partial charge in [0.2, 0.25) is 0 Å². The summed E-state index contributed by atoms with van der Waals surface area (Å²) in [5.41, 5.74) is 0.593. The number of non-ortho nitro benzene ring substituents is 1. The number of benzene rings is 1. The third-order valence-electron chi connectivity index (χ3n) is 2.33. The lowest BCUT2D eigenvalue weighted by Gasteiger charge is -2.14. The van der Waals surface area contributed by atoms with Gasteiger partial charge in [-0.15, -0.1) is 0 Å². The lowest BCUT2D eigenvalue weighted by Crippen LogP contribution is -2.46. The molecule has 18 heavy (non-hydrogen) atoms. The highest BCUT2D eigenvalue weighted by atomic mass is 16.6. The van der Waals surface area contributed by atoms with E-state index in [1.807, 2.05) is 0 Å². The zero-order chi connectivity index (χ0) is 13.7. The summed E-state index contributed by atoms with van der Waals surface area (Å²) in [6.07, 6.45) is 0.137. The molecule has 0 spiro atoms. The predicted octanol–water partition coefficient (Wildman–Crippen LogP) is 0.290. The number of hydrogen-bond donors (Lipinski definition) is 3. The number of aliphatic carboxylic acids is 1. The van der Waals surface area contributed by atoms with Gasteiger partial charge in [0.05, 0.1) is 4.92 Å². The predicted molar refractivity (Wildman–Crippen MR) is 65.2 cm³/mol. The van der Waals surface area contributed by atoms with Crippen LogP contribution in [0, 0.1) is 10.1 Å². The highest BCUT2D eigenvalue weighted by molar-refractivity contribution is 6.46. The van der Waals surface area contributed by atoms with Crippen molar-refractivity contribution in [2.45, 2.75) is 19.3 Å². The minimum Gasteiger partial charge on any atom is -0.480 e. The summed E-state index contributed by atoms with van der Waals surface area (Å²) in [6, 6.07) is 4.69. The van der Waals surface area contributed by atoms with Crippen LogP contribution in [0.2, 0.25) is 6.82 Å². The van der Waals surface area contributed by atoms with Gasteiger partial charge >= 0.3 is 13.0 Å². The highest BCUT2D eigenvalue weighted by Crippen LogP contribution is 2.13. The lowest BCUT2D eigenvalue weighted by atomic mass is 9.86. The minimum atomic E-state index is -1.09. The first-order valence-electron chi connectivity index (χ1n) is 5.30. The van der Waals surface area contributed by atoms with E-state index in [0.717, 1.165) is 0 Å². The maximum Gasteiger partial charge on any atom is 0.374 e. The second kappa shape index (κ2) is 6.13. The van der Waals surface area contributed by atoms with Gasteiger partial charge in [-0.25, -0.2) is 0 Å². The van der Waals surface area contributed by atoms with Gasteiger partial charge in [0.25, 0.3) is 5.69 Å². The van der Waals surface area contributed by atoms with Crippen LogP contribution in [0.1, 0.15) is 5.56 Å². The molecule has 0 radical (unpaired) electrons. The molecule has 0 aromatic heterocycles. The zero-order valence-corrected chi connectivity index (χ0v) is 9.74.